The molecule has 0 aromatic carbocycles. The standard InChI is InChI=1S/C10H14F3N3O3/c11-10(12,13)5-18-2-1-8-15-9(19-16-8)7-3-6(17)4-14-7/h6-7,14,17H,1-5H2/t6-,7-/m1/s1. The first kappa shape index (κ1) is 14.2. The summed E-state index contributed by atoms with van der Waals surface area (Å²) in [6, 6.07) is -0.202. The van der Waals surface area contributed by atoms with Crippen molar-refractivity contribution < 1.29 is 27.5 Å². The van der Waals surface area contributed by atoms with Crippen LogP contribution in [0.3, 0.4) is 0 Å². The molecule has 6 nitrogen and oxygen atoms in total. The van der Waals surface area contributed by atoms with Crippen LogP contribution in [0.4, 0.5) is 13.2 Å². The maximum absolute atomic E-state index is 11.8. The smallest absolute Gasteiger partial charge is 0.392 e. The van der Waals surface area contributed by atoms with Gasteiger partial charge in [-0.2, -0.15) is 18.2 Å². The molecule has 1 aromatic rings. The molecule has 0 spiro atoms. The van der Waals surface area contributed by atoms with Gasteiger partial charge in [-0.05, 0) is 6.42 Å². The fourth-order valence-electron chi connectivity index (χ4n) is 1.77. The van der Waals surface area contributed by atoms with Crippen molar-refractivity contribution in [2.24, 2.45) is 0 Å². The number of nitrogens with zero attached hydrogens (tertiary/aromatic N) is 2. The first-order chi connectivity index (χ1) is 8.94. The van der Waals surface area contributed by atoms with Gasteiger partial charge in [0, 0.05) is 13.0 Å². The summed E-state index contributed by atoms with van der Waals surface area (Å²) in [5.74, 6) is 0.628. The first-order valence-corrected chi connectivity index (χ1v) is 5.82. The molecular weight excluding hydrogens is 267 g/mol. The van der Waals surface area contributed by atoms with Crippen LogP contribution in [0.25, 0.3) is 0 Å². The van der Waals surface area contributed by atoms with Gasteiger partial charge < -0.3 is 19.7 Å². The van der Waals surface area contributed by atoms with E-state index in [1.807, 2.05) is 0 Å². The van der Waals surface area contributed by atoms with Crippen molar-refractivity contribution in [1.29, 1.82) is 0 Å². The number of hydrogen-bond donors (Lipinski definition) is 2. The lowest BCUT2D eigenvalue weighted by Gasteiger charge is -2.05. The molecule has 1 aromatic heterocycles. The Morgan fingerprint density at radius 3 is 2.89 bits per heavy atom. The van der Waals surface area contributed by atoms with E-state index in [-0.39, 0.29) is 19.1 Å². The Labute approximate surface area is 106 Å². The van der Waals surface area contributed by atoms with Crippen LogP contribution >= 0.6 is 0 Å². The van der Waals surface area contributed by atoms with Crippen molar-refractivity contribution in [2.45, 2.75) is 31.2 Å². The number of aliphatic hydroxyl groups excluding tert-OH is 1. The van der Waals surface area contributed by atoms with Gasteiger partial charge in [-0.1, -0.05) is 5.16 Å². The van der Waals surface area contributed by atoms with E-state index in [9.17, 15) is 18.3 Å². The second kappa shape index (κ2) is 5.85. The minimum atomic E-state index is -4.33. The van der Waals surface area contributed by atoms with Crippen molar-refractivity contribution in [3.05, 3.63) is 11.7 Å². The zero-order valence-corrected chi connectivity index (χ0v) is 9.98. The second-order valence-corrected chi connectivity index (χ2v) is 4.32. The van der Waals surface area contributed by atoms with Gasteiger partial charge in [0.05, 0.1) is 18.8 Å². The van der Waals surface area contributed by atoms with E-state index in [0.29, 0.717) is 24.7 Å². The number of ether oxygens (including phenoxy) is 1. The Hall–Kier alpha value is -1.19. The van der Waals surface area contributed by atoms with Crippen LogP contribution in [0.2, 0.25) is 0 Å². The number of aliphatic hydroxyl groups is 1. The van der Waals surface area contributed by atoms with E-state index in [1.54, 1.807) is 0 Å². The average molecular weight is 281 g/mol. The van der Waals surface area contributed by atoms with Crippen molar-refractivity contribution in [3.8, 4) is 0 Å². The lowest BCUT2D eigenvalue weighted by molar-refractivity contribution is -0.173. The molecule has 1 fully saturated rings. The molecule has 0 saturated carbocycles. The van der Waals surface area contributed by atoms with E-state index in [2.05, 4.69) is 20.2 Å². The Morgan fingerprint density at radius 1 is 1.47 bits per heavy atom. The highest BCUT2D eigenvalue weighted by Crippen LogP contribution is 2.21. The third kappa shape index (κ3) is 4.44. The lowest BCUT2D eigenvalue weighted by atomic mass is 10.2. The molecule has 0 unspecified atom stereocenters. The number of alkyl halides is 3. The number of hydrogen-bond acceptors (Lipinski definition) is 6. The van der Waals surface area contributed by atoms with Crippen LogP contribution in [0, 0.1) is 0 Å². The van der Waals surface area contributed by atoms with Crippen molar-refractivity contribution in [3.63, 3.8) is 0 Å². The van der Waals surface area contributed by atoms with Crippen LogP contribution < -0.4 is 5.32 Å². The normalized spacial score (nSPS) is 24.0. The van der Waals surface area contributed by atoms with E-state index in [0.717, 1.165) is 0 Å². The van der Waals surface area contributed by atoms with E-state index in [1.165, 1.54) is 0 Å². The SMILES string of the molecule is O[C@H]1CN[C@@H](c2nc(CCOCC(F)(F)F)no2)C1. The molecule has 0 amide bonds. The molecule has 2 atom stereocenters. The van der Waals surface area contributed by atoms with E-state index >= 15 is 0 Å². The Bertz CT molecular complexity index is 410. The van der Waals surface area contributed by atoms with Gasteiger partial charge in [0.1, 0.15) is 6.61 Å². The summed E-state index contributed by atoms with van der Waals surface area (Å²) in [4.78, 5) is 4.05. The summed E-state index contributed by atoms with van der Waals surface area (Å²) in [6.45, 7) is -0.954. The molecule has 19 heavy (non-hydrogen) atoms. The summed E-state index contributed by atoms with van der Waals surface area (Å²) in [7, 11) is 0. The Morgan fingerprint density at radius 2 is 2.26 bits per heavy atom. The number of aromatic nitrogens is 2. The zero-order chi connectivity index (χ0) is 13.9. The molecule has 0 radical (unpaired) electrons. The number of β-amino-alcohol motifs (C(OH)–C–C–N with tert-alkyl or cyclic N) is 1. The molecule has 2 heterocycles. The third-order valence-electron chi connectivity index (χ3n) is 2.63. The minimum Gasteiger partial charge on any atom is -0.392 e. The van der Waals surface area contributed by atoms with Crippen molar-refractivity contribution >= 4 is 0 Å². The summed E-state index contributed by atoms with van der Waals surface area (Å²) < 4.78 is 44.9. The molecule has 9 heteroatoms. The van der Waals surface area contributed by atoms with Crippen LogP contribution in [0.5, 0.6) is 0 Å². The summed E-state index contributed by atoms with van der Waals surface area (Å²) in [5, 5.41) is 16.0. The lowest BCUT2D eigenvalue weighted by Crippen LogP contribution is -2.18. The predicted molar refractivity (Wildman–Crippen MR) is 56.2 cm³/mol. The highest BCUT2D eigenvalue weighted by Gasteiger charge is 2.29. The van der Waals surface area contributed by atoms with Gasteiger partial charge in [-0.25, -0.2) is 0 Å². The zero-order valence-electron chi connectivity index (χ0n) is 9.98. The molecule has 108 valence electrons. The molecule has 2 rings (SSSR count). The Balaban J connectivity index is 1.75. The maximum Gasteiger partial charge on any atom is 0.411 e. The monoisotopic (exact) mass is 281 g/mol. The van der Waals surface area contributed by atoms with Gasteiger partial charge in [-0.15, -0.1) is 0 Å². The number of rotatable bonds is 5. The fourth-order valence-corrected chi connectivity index (χ4v) is 1.77. The molecular formula is C10H14F3N3O3. The molecule has 1 aliphatic heterocycles. The predicted octanol–water partition coefficient (Wildman–Crippen LogP) is 0.586. The van der Waals surface area contributed by atoms with E-state index < -0.39 is 18.9 Å². The van der Waals surface area contributed by atoms with Crippen LogP contribution in [0.15, 0.2) is 4.52 Å². The molecule has 1 saturated heterocycles. The van der Waals surface area contributed by atoms with E-state index in [4.69, 9.17) is 4.52 Å². The van der Waals surface area contributed by atoms with Gasteiger partial charge in [-0.3, -0.25) is 0 Å². The topological polar surface area (TPSA) is 80.4 Å². The first-order valence-electron chi connectivity index (χ1n) is 5.82. The summed E-state index contributed by atoms with van der Waals surface area (Å²) >= 11 is 0. The quantitative estimate of drug-likeness (QED) is 0.769. The molecule has 2 N–H and O–H groups in total. The van der Waals surface area contributed by atoms with Gasteiger partial charge in [0.25, 0.3) is 0 Å². The highest BCUT2D eigenvalue weighted by molar-refractivity contribution is 4.97. The van der Waals surface area contributed by atoms with Gasteiger partial charge in [0.2, 0.25) is 5.89 Å². The largest absolute Gasteiger partial charge is 0.411 e. The minimum absolute atomic E-state index is 0.126. The van der Waals surface area contributed by atoms with Crippen LogP contribution in [-0.4, -0.2) is 47.3 Å². The highest BCUT2D eigenvalue weighted by atomic mass is 19.4. The van der Waals surface area contributed by atoms with Crippen LogP contribution in [-0.2, 0) is 11.2 Å². The summed E-state index contributed by atoms with van der Waals surface area (Å²) in [6.07, 6.45) is -4.15. The van der Waals surface area contributed by atoms with Gasteiger partial charge in [0.15, 0.2) is 5.82 Å². The molecule has 1 aliphatic rings. The van der Waals surface area contributed by atoms with Gasteiger partial charge >= 0.3 is 6.18 Å². The maximum atomic E-state index is 11.8. The van der Waals surface area contributed by atoms with Crippen molar-refractivity contribution in [1.82, 2.24) is 15.5 Å². The third-order valence-corrected chi connectivity index (χ3v) is 2.63. The van der Waals surface area contributed by atoms with Crippen LogP contribution in [0.1, 0.15) is 24.2 Å². The average Bonchev–Trinajstić information content (AvgIpc) is 2.92. The summed E-state index contributed by atoms with van der Waals surface area (Å²) in [5.41, 5.74) is 0. The molecule has 0 aliphatic carbocycles. The Kier molecular flexibility index (Phi) is 4.38. The number of nitrogens with one attached hydrogen (secondary N) is 1. The molecule has 0 bridgehead atoms. The van der Waals surface area contributed by atoms with Crippen molar-refractivity contribution in [2.75, 3.05) is 19.8 Å². The number of halogens is 3. The second-order valence-electron chi connectivity index (χ2n) is 4.32. The fraction of sp³-hybridized carbons (Fsp3) is 0.800.